The van der Waals surface area contributed by atoms with Gasteiger partial charge in [-0.15, -0.1) is 0 Å². The molecule has 0 bridgehead atoms. The summed E-state index contributed by atoms with van der Waals surface area (Å²) in [7, 11) is 0. The van der Waals surface area contributed by atoms with E-state index in [0.29, 0.717) is 11.4 Å². The van der Waals surface area contributed by atoms with Crippen LogP contribution < -0.4 is 0 Å². The fourth-order valence-electron chi connectivity index (χ4n) is 1.76. The highest BCUT2D eigenvalue weighted by Crippen LogP contribution is 2.25. The lowest BCUT2D eigenvalue weighted by molar-refractivity contribution is -0.130. The summed E-state index contributed by atoms with van der Waals surface area (Å²) in [6.07, 6.45) is 0.429. The highest BCUT2D eigenvalue weighted by molar-refractivity contribution is 6.30. The van der Waals surface area contributed by atoms with Gasteiger partial charge in [0.15, 0.2) is 0 Å². The first-order valence-electron chi connectivity index (χ1n) is 5.19. The number of benzene rings is 1. The van der Waals surface area contributed by atoms with E-state index in [-0.39, 0.29) is 11.9 Å². The first-order chi connectivity index (χ1) is 7.58. The van der Waals surface area contributed by atoms with Gasteiger partial charge in [0.25, 0.3) is 0 Å². The molecule has 1 aliphatic heterocycles. The highest BCUT2D eigenvalue weighted by Gasteiger charge is 2.26. The number of amides is 1. The Balaban J connectivity index is 2.22. The predicted molar refractivity (Wildman–Crippen MR) is 64.4 cm³/mol. The molecule has 1 aliphatic rings. The molecule has 0 aliphatic carbocycles. The molecule has 1 amide bonds. The Bertz CT molecular complexity index is 439. The van der Waals surface area contributed by atoms with Gasteiger partial charge in [-0.2, -0.15) is 5.10 Å². The smallest absolute Gasteiger partial charge is 0.248 e. The quantitative estimate of drug-likeness (QED) is 0.777. The lowest BCUT2D eigenvalue weighted by atomic mass is 10.1. The van der Waals surface area contributed by atoms with E-state index < -0.39 is 0 Å². The molecule has 1 atom stereocenters. The van der Waals surface area contributed by atoms with Crippen LogP contribution in [0.2, 0.25) is 5.02 Å². The van der Waals surface area contributed by atoms with Crippen molar-refractivity contribution in [2.45, 2.75) is 26.3 Å². The second-order valence-corrected chi connectivity index (χ2v) is 4.41. The van der Waals surface area contributed by atoms with Gasteiger partial charge in [0.1, 0.15) is 0 Å². The SMILES string of the molecule is CC1=NN(C(C)c2ccc(Cl)cc2)C(=O)C1. The maximum Gasteiger partial charge on any atom is 0.248 e. The molecule has 0 N–H and O–H groups in total. The van der Waals surface area contributed by atoms with Crippen LogP contribution in [0.1, 0.15) is 31.9 Å². The zero-order chi connectivity index (χ0) is 11.7. The van der Waals surface area contributed by atoms with E-state index in [1.54, 1.807) is 5.01 Å². The van der Waals surface area contributed by atoms with E-state index in [2.05, 4.69) is 5.10 Å². The lowest BCUT2D eigenvalue weighted by Gasteiger charge is -2.20. The fraction of sp³-hybridized carbons (Fsp3) is 0.333. The normalized spacial score (nSPS) is 17.6. The predicted octanol–water partition coefficient (Wildman–Crippen LogP) is 3.01. The van der Waals surface area contributed by atoms with E-state index in [4.69, 9.17) is 11.6 Å². The van der Waals surface area contributed by atoms with Crippen molar-refractivity contribution in [3.63, 3.8) is 0 Å². The number of halogens is 1. The largest absolute Gasteiger partial charge is 0.273 e. The average molecular weight is 237 g/mol. The Labute approximate surface area is 99.7 Å². The van der Waals surface area contributed by atoms with Crippen molar-refractivity contribution in [2.24, 2.45) is 5.10 Å². The average Bonchev–Trinajstić information content (AvgIpc) is 2.58. The molecule has 3 nitrogen and oxygen atoms in total. The van der Waals surface area contributed by atoms with Crippen LogP contribution in [0, 0.1) is 0 Å². The molecule has 2 rings (SSSR count). The van der Waals surface area contributed by atoms with Gasteiger partial charge in [0, 0.05) is 10.7 Å². The van der Waals surface area contributed by atoms with Crippen LogP contribution in [-0.2, 0) is 4.79 Å². The summed E-state index contributed by atoms with van der Waals surface area (Å²) < 4.78 is 0. The summed E-state index contributed by atoms with van der Waals surface area (Å²) in [5, 5.41) is 6.47. The third kappa shape index (κ3) is 2.09. The molecule has 16 heavy (non-hydrogen) atoms. The molecule has 0 saturated heterocycles. The number of hydrogen-bond donors (Lipinski definition) is 0. The van der Waals surface area contributed by atoms with Gasteiger partial charge in [-0.1, -0.05) is 23.7 Å². The Kier molecular flexibility index (Phi) is 2.97. The van der Waals surface area contributed by atoms with Crippen molar-refractivity contribution in [1.82, 2.24) is 5.01 Å². The Morgan fingerprint density at radius 2 is 2.00 bits per heavy atom. The van der Waals surface area contributed by atoms with Crippen molar-refractivity contribution in [3.05, 3.63) is 34.9 Å². The van der Waals surface area contributed by atoms with E-state index >= 15 is 0 Å². The van der Waals surface area contributed by atoms with Crippen molar-refractivity contribution < 1.29 is 4.79 Å². The molecule has 0 saturated carbocycles. The minimum Gasteiger partial charge on any atom is -0.273 e. The standard InChI is InChI=1S/C12H13ClN2O/c1-8-7-12(16)15(14-8)9(2)10-3-5-11(13)6-4-10/h3-6,9H,7H2,1-2H3. The van der Waals surface area contributed by atoms with Crippen molar-refractivity contribution >= 4 is 23.2 Å². The monoisotopic (exact) mass is 236 g/mol. The third-order valence-electron chi connectivity index (χ3n) is 2.66. The van der Waals surface area contributed by atoms with Crippen LogP contribution in [0.15, 0.2) is 29.4 Å². The minimum absolute atomic E-state index is 0.0396. The van der Waals surface area contributed by atoms with E-state index in [1.807, 2.05) is 38.1 Å². The molecule has 0 spiro atoms. The highest BCUT2D eigenvalue weighted by atomic mass is 35.5. The summed E-state index contributed by atoms with van der Waals surface area (Å²) >= 11 is 5.82. The van der Waals surface area contributed by atoms with Crippen LogP contribution >= 0.6 is 11.6 Å². The summed E-state index contributed by atoms with van der Waals surface area (Å²) in [5.41, 5.74) is 1.90. The molecule has 0 aromatic heterocycles. The number of carbonyl (C=O) groups excluding carboxylic acids is 1. The lowest BCUT2D eigenvalue weighted by Crippen LogP contribution is -2.24. The number of nitrogens with zero attached hydrogens (tertiary/aromatic N) is 2. The van der Waals surface area contributed by atoms with Crippen LogP contribution in [0.25, 0.3) is 0 Å². The van der Waals surface area contributed by atoms with Crippen LogP contribution in [0.4, 0.5) is 0 Å². The molecule has 1 aromatic rings. The van der Waals surface area contributed by atoms with Gasteiger partial charge in [-0.05, 0) is 31.5 Å². The van der Waals surface area contributed by atoms with Crippen LogP contribution in [0.5, 0.6) is 0 Å². The molecule has 1 unspecified atom stereocenters. The molecule has 1 heterocycles. The van der Waals surface area contributed by atoms with Crippen molar-refractivity contribution in [2.75, 3.05) is 0 Å². The third-order valence-corrected chi connectivity index (χ3v) is 2.91. The Morgan fingerprint density at radius 3 is 2.50 bits per heavy atom. The fourth-order valence-corrected chi connectivity index (χ4v) is 1.89. The molecular weight excluding hydrogens is 224 g/mol. The van der Waals surface area contributed by atoms with Gasteiger partial charge >= 0.3 is 0 Å². The van der Waals surface area contributed by atoms with Gasteiger partial charge in [0.2, 0.25) is 5.91 Å². The second-order valence-electron chi connectivity index (χ2n) is 3.98. The molecule has 0 fully saturated rings. The zero-order valence-electron chi connectivity index (χ0n) is 9.27. The molecular formula is C12H13ClN2O. The molecule has 0 radical (unpaired) electrons. The van der Waals surface area contributed by atoms with E-state index in [9.17, 15) is 4.79 Å². The molecule has 4 heteroatoms. The summed E-state index contributed by atoms with van der Waals surface area (Å²) in [4.78, 5) is 11.7. The summed E-state index contributed by atoms with van der Waals surface area (Å²) in [6.45, 7) is 3.83. The van der Waals surface area contributed by atoms with E-state index in [0.717, 1.165) is 11.3 Å². The zero-order valence-corrected chi connectivity index (χ0v) is 10.0. The number of carbonyl (C=O) groups is 1. The number of hydrazone groups is 1. The van der Waals surface area contributed by atoms with Crippen molar-refractivity contribution in [1.29, 1.82) is 0 Å². The number of rotatable bonds is 2. The molecule has 84 valence electrons. The maximum atomic E-state index is 11.7. The first-order valence-corrected chi connectivity index (χ1v) is 5.57. The summed E-state index contributed by atoms with van der Waals surface area (Å²) in [5.74, 6) is 0.0555. The van der Waals surface area contributed by atoms with Gasteiger partial charge < -0.3 is 0 Å². The van der Waals surface area contributed by atoms with Gasteiger partial charge in [-0.3, -0.25) is 4.79 Å². The van der Waals surface area contributed by atoms with Crippen molar-refractivity contribution in [3.8, 4) is 0 Å². The van der Waals surface area contributed by atoms with Crippen LogP contribution in [0.3, 0.4) is 0 Å². The van der Waals surface area contributed by atoms with Gasteiger partial charge in [-0.25, -0.2) is 5.01 Å². The number of hydrogen-bond acceptors (Lipinski definition) is 2. The topological polar surface area (TPSA) is 32.7 Å². The Morgan fingerprint density at radius 1 is 1.38 bits per heavy atom. The van der Waals surface area contributed by atoms with Crippen LogP contribution in [-0.4, -0.2) is 16.6 Å². The van der Waals surface area contributed by atoms with E-state index in [1.165, 1.54) is 0 Å². The second kappa shape index (κ2) is 4.26. The maximum absolute atomic E-state index is 11.7. The summed E-state index contributed by atoms with van der Waals surface area (Å²) in [6, 6.07) is 7.45. The first kappa shape index (κ1) is 11.1. The van der Waals surface area contributed by atoms with Gasteiger partial charge in [0.05, 0.1) is 12.5 Å². The Hall–Kier alpha value is -1.35. The molecule has 1 aromatic carbocycles. The minimum atomic E-state index is -0.0396.